The lowest BCUT2D eigenvalue weighted by Gasteiger charge is -2.27. The highest BCUT2D eigenvalue weighted by atomic mass is 16.4. The lowest BCUT2D eigenvalue weighted by atomic mass is 9.93. The number of hydrogen-bond acceptors (Lipinski definition) is 5. The Bertz CT molecular complexity index is 923. The predicted octanol–water partition coefficient (Wildman–Crippen LogP) is 3.90. The Labute approximate surface area is 197 Å². The molecule has 176 valence electrons. The van der Waals surface area contributed by atoms with Gasteiger partial charge in [-0.2, -0.15) is 0 Å². The third-order valence-electron chi connectivity index (χ3n) is 8.41. The first-order chi connectivity index (χ1) is 16.1. The van der Waals surface area contributed by atoms with Crippen LogP contribution in [0.15, 0.2) is 65.8 Å². The van der Waals surface area contributed by atoms with Gasteiger partial charge in [-0.25, -0.2) is 0 Å². The van der Waals surface area contributed by atoms with Gasteiger partial charge in [0.05, 0.1) is 11.8 Å². The molecule has 3 aliphatic rings. The number of aliphatic hydroxyl groups excluding tert-OH is 1. The number of benzene rings is 2. The van der Waals surface area contributed by atoms with Crippen LogP contribution >= 0.6 is 0 Å². The van der Waals surface area contributed by atoms with Gasteiger partial charge < -0.3 is 15.2 Å². The minimum Gasteiger partial charge on any atom is -0.411 e. The van der Waals surface area contributed by atoms with Crippen molar-refractivity contribution < 1.29 is 10.3 Å². The summed E-state index contributed by atoms with van der Waals surface area (Å²) in [5, 5.41) is 24.0. The van der Waals surface area contributed by atoms with Gasteiger partial charge in [0.1, 0.15) is 0 Å². The molecule has 0 radical (unpaired) electrons. The van der Waals surface area contributed by atoms with Crippen LogP contribution in [0.25, 0.3) is 0 Å². The number of rotatable bonds is 9. The second kappa shape index (κ2) is 9.96. The number of piperidine rings is 1. The van der Waals surface area contributed by atoms with E-state index in [1.807, 2.05) is 30.3 Å². The van der Waals surface area contributed by atoms with Crippen molar-refractivity contribution in [2.24, 2.45) is 28.8 Å². The van der Waals surface area contributed by atoms with E-state index in [-0.39, 0.29) is 5.92 Å². The molecule has 0 spiro atoms. The van der Waals surface area contributed by atoms with Gasteiger partial charge in [-0.3, -0.25) is 4.90 Å². The van der Waals surface area contributed by atoms with E-state index < -0.39 is 6.10 Å². The summed E-state index contributed by atoms with van der Waals surface area (Å²) in [5.41, 5.74) is 2.98. The van der Waals surface area contributed by atoms with Gasteiger partial charge in [0, 0.05) is 38.6 Å². The van der Waals surface area contributed by atoms with Crippen molar-refractivity contribution in [1.29, 1.82) is 0 Å². The molecule has 3 fully saturated rings. The van der Waals surface area contributed by atoms with Gasteiger partial charge in [-0.1, -0.05) is 65.8 Å². The molecule has 0 aromatic heterocycles. The van der Waals surface area contributed by atoms with E-state index in [9.17, 15) is 10.3 Å². The van der Waals surface area contributed by atoms with Gasteiger partial charge >= 0.3 is 0 Å². The highest BCUT2D eigenvalue weighted by molar-refractivity contribution is 5.90. The first-order valence-corrected chi connectivity index (χ1v) is 12.5. The van der Waals surface area contributed by atoms with Crippen molar-refractivity contribution in [3.63, 3.8) is 0 Å². The van der Waals surface area contributed by atoms with Crippen LogP contribution in [0.3, 0.4) is 0 Å². The summed E-state index contributed by atoms with van der Waals surface area (Å²) < 4.78 is 0. The summed E-state index contributed by atoms with van der Waals surface area (Å²) >= 11 is 0. The standard InChI is InChI=1S/C28H37N3O2/c1-30(17-24-25-18-31(19-26(24)25)16-21-10-6-3-7-11-21)23-13-12-22(15-23)28(32)27(29-33)14-20-8-4-2-5-9-20/h2-11,22-26,28,32-33H,12-19H2,1H3. The fourth-order valence-electron chi connectivity index (χ4n) is 6.41. The third kappa shape index (κ3) is 5.16. The first-order valence-electron chi connectivity index (χ1n) is 12.5. The van der Waals surface area contributed by atoms with E-state index in [0.29, 0.717) is 18.2 Å². The summed E-state index contributed by atoms with van der Waals surface area (Å²) in [7, 11) is 2.26. The topological polar surface area (TPSA) is 59.3 Å². The van der Waals surface area contributed by atoms with E-state index in [2.05, 4.69) is 52.3 Å². The number of likely N-dealkylation sites (tertiary alicyclic amines) is 1. The maximum absolute atomic E-state index is 10.9. The zero-order valence-corrected chi connectivity index (χ0v) is 19.6. The van der Waals surface area contributed by atoms with Crippen LogP contribution in [-0.2, 0) is 13.0 Å². The SMILES string of the molecule is CN(CC1C2CN(Cc3ccccc3)CC21)C1CCC(C(O)C(Cc2ccccc2)=NO)C1. The molecule has 5 heteroatoms. The summed E-state index contributed by atoms with van der Waals surface area (Å²) in [6, 6.07) is 21.3. The molecule has 2 aromatic rings. The number of fused-ring (bicyclic) bond motifs is 1. The van der Waals surface area contributed by atoms with Crippen molar-refractivity contribution in [3.8, 4) is 0 Å². The summed E-state index contributed by atoms with van der Waals surface area (Å²) in [5.74, 6) is 2.72. The number of hydrogen-bond donors (Lipinski definition) is 2. The lowest BCUT2D eigenvalue weighted by molar-refractivity contribution is 0.152. The van der Waals surface area contributed by atoms with Crippen molar-refractivity contribution in [3.05, 3.63) is 71.8 Å². The largest absolute Gasteiger partial charge is 0.411 e. The maximum Gasteiger partial charge on any atom is 0.0986 e. The second-order valence-corrected chi connectivity index (χ2v) is 10.5. The van der Waals surface area contributed by atoms with Crippen LogP contribution in [0, 0.1) is 23.7 Å². The van der Waals surface area contributed by atoms with E-state index in [4.69, 9.17) is 0 Å². The molecule has 2 saturated carbocycles. The minimum atomic E-state index is -0.666. The molecule has 5 unspecified atom stereocenters. The zero-order chi connectivity index (χ0) is 22.8. The van der Waals surface area contributed by atoms with Gasteiger partial charge in [0.25, 0.3) is 0 Å². The van der Waals surface area contributed by atoms with Gasteiger partial charge in [-0.15, -0.1) is 0 Å². The Morgan fingerprint density at radius 1 is 1.00 bits per heavy atom. The molecular weight excluding hydrogens is 410 g/mol. The third-order valence-corrected chi connectivity index (χ3v) is 8.41. The molecule has 5 atom stereocenters. The monoisotopic (exact) mass is 447 g/mol. The lowest BCUT2D eigenvalue weighted by Crippen LogP contribution is -2.35. The summed E-state index contributed by atoms with van der Waals surface area (Å²) in [6.07, 6.45) is 2.92. The van der Waals surface area contributed by atoms with Crippen molar-refractivity contribution >= 4 is 5.71 Å². The predicted molar refractivity (Wildman–Crippen MR) is 131 cm³/mol. The number of nitrogens with zero attached hydrogens (tertiary/aromatic N) is 3. The highest BCUT2D eigenvalue weighted by Gasteiger charge is 2.55. The fourth-order valence-corrected chi connectivity index (χ4v) is 6.41. The van der Waals surface area contributed by atoms with Gasteiger partial charge in [0.15, 0.2) is 0 Å². The summed E-state index contributed by atoms with van der Waals surface area (Å²) in [4.78, 5) is 5.16. The van der Waals surface area contributed by atoms with E-state index in [1.165, 1.54) is 25.2 Å². The highest BCUT2D eigenvalue weighted by Crippen LogP contribution is 2.52. The molecule has 1 heterocycles. The van der Waals surface area contributed by atoms with Crippen LogP contribution in [0.5, 0.6) is 0 Å². The van der Waals surface area contributed by atoms with E-state index >= 15 is 0 Å². The molecule has 0 amide bonds. The zero-order valence-electron chi connectivity index (χ0n) is 19.6. The Kier molecular flexibility index (Phi) is 6.81. The van der Waals surface area contributed by atoms with Crippen LogP contribution < -0.4 is 0 Å². The van der Waals surface area contributed by atoms with E-state index in [0.717, 1.165) is 49.1 Å². The van der Waals surface area contributed by atoms with Gasteiger partial charge in [0.2, 0.25) is 0 Å². The fraction of sp³-hybridized carbons (Fsp3) is 0.536. The van der Waals surface area contributed by atoms with Crippen LogP contribution in [0.1, 0.15) is 30.4 Å². The molecule has 2 N–H and O–H groups in total. The van der Waals surface area contributed by atoms with Crippen LogP contribution in [-0.4, -0.2) is 64.7 Å². The molecular formula is C28H37N3O2. The Morgan fingerprint density at radius 2 is 1.64 bits per heavy atom. The van der Waals surface area contributed by atoms with Crippen LogP contribution in [0.4, 0.5) is 0 Å². The average Bonchev–Trinajstić information content (AvgIpc) is 3.21. The molecule has 5 rings (SSSR count). The Morgan fingerprint density at radius 3 is 2.27 bits per heavy atom. The van der Waals surface area contributed by atoms with Crippen molar-refractivity contribution in [1.82, 2.24) is 9.80 Å². The average molecular weight is 448 g/mol. The van der Waals surface area contributed by atoms with Crippen LogP contribution in [0.2, 0.25) is 0 Å². The summed E-state index contributed by atoms with van der Waals surface area (Å²) in [6.45, 7) is 4.73. The number of oxime groups is 1. The molecule has 2 aromatic carbocycles. The second-order valence-electron chi connectivity index (χ2n) is 10.5. The maximum atomic E-state index is 10.9. The van der Waals surface area contributed by atoms with Crippen molar-refractivity contribution in [2.75, 3.05) is 26.7 Å². The Hall–Kier alpha value is -2.21. The Balaban J connectivity index is 1.07. The number of aliphatic hydroxyl groups is 1. The smallest absolute Gasteiger partial charge is 0.0986 e. The minimum absolute atomic E-state index is 0.173. The molecule has 1 aliphatic heterocycles. The first kappa shape index (κ1) is 22.6. The van der Waals surface area contributed by atoms with Crippen molar-refractivity contribution in [2.45, 2.75) is 44.4 Å². The molecule has 0 bridgehead atoms. The molecule has 1 saturated heterocycles. The molecule has 2 aliphatic carbocycles. The molecule has 33 heavy (non-hydrogen) atoms. The normalized spacial score (nSPS) is 30.5. The quantitative estimate of drug-likeness (QED) is 0.348. The molecule has 5 nitrogen and oxygen atoms in total. The van der Waals surface area contributed by atoms with Gasteiger partial charge in [-0.05, 0) is 61.1 Å². The van der Waals surface area contributed by atoms with E-state index in [1.54, 1.807) is 0 Å².